The minimum Gasteiger partial charge on any atom is -0.480 e. The highest BCUT2D eigenvalue weighted by Gasteiger charge is 2.25. The molecule has 0 saturated carbocycles. The molecule has 0 aromatic heterocycles. The molecule has 0 amide bonds. The number of rotatable bonds is 3. The molecule has 0 fully saturated rings. The number of nitrogens with one attached hydrogen (secondary N) is 1. The largest absolute Gasteiger partial charge is 0.480 e. The summed E-state index contributed by atoms with van der Waals surface area (Å²) < 4.78 is 6.04. The van der Waals surface area contributed by atoms with Crippen LogP contribution in [0.15, 0.2) is 53.5 Å². The first-order valence-corrected chi connectivity index (χ1v) is 7.63. The molecule has 0 saturated heterocycles. The Hall–Kier alpha value is -2.49. The van der Waals surface area contributed by atoms with Crippen molar-refractivity contribution in [1.29, 1.82) is 0 Å². The third-order valence-electron chi connectivity index (χ3n) is 3.83. The Morgan fingerprint density at radius 1 is 1.23 bits per heavy atom. The summed E-state index contributed by atoms with van der Waals surface area (Å²) in [5, 5.41) is 3.40. The monoisotopic (exact) mass is 295 g/mol. The van der Waals surface area contributed by atoms with Crippen LogP contribution in [0.2, 0.25) is 0 Å². The minimum absolute atomic E-state index is 0.0690. The van der Waals surface area contributed by atoms with Gasteiger partial charge in [0.25, 0.3) is 0 Å². The second-order valence-electron chi connectivity index (χ2n) is 5.50. The lowest BCUT2D eigenvalue weighted by atomic mass is 10.1. The molecular formula is C18H21N3O. The Balaban J connectivity index is 1.89. The van der Waals surface area contributed by atoms with Gasteiger partial charge in [-0.25, -0.2) is 0 Å². The summed E-state index contributed by atoms with van der Waals surface area (Å²) in [6, 6.07) is 16.0. The first-order valence-electron chi connectivity index (χ1n) is 7.63. The van der Waals surface area contributed by atoms with Crippen molar-refractivity contribution in [3.05, 3.63) is 54.1 Å². The Bertz CT molecular complexity index is 682. The maximum absolute atomic E-state index is 6.04. The van der Waals surface area contributed by atoms with Crippen molar-refractivity contribution >= 4 is 17.2 Å². The van der Waals surface area contributed by atoms with E-state index < -0.39 is 0 Å². The van der Waals surface area contributed by atoms with Gasteiger partial charge in [0.1, 0.15) is 11.6 Å². The van der Waals surface area contributed by atoms with E-state index in [9.17, 15) is 0 Å². The number of ether oxygens (including phenoxy) is 1. The molecule has 114 valence electrons. The fraction of sp³-hybridized carbons (Fsp3) is 0.278. The molecule has 0 aliphatic carbocycles. The molecule has 2 atom stereocenters. The van der Waals surface area contributed by atoms with Gasteiger partial charge in [0.2, 0.25) is 0 Å². The lowest BCUT2D eigenvalue weighted by molar-refractivity contribution is 0.258. The zero-order valence-electron chi connectivity index (χ0n) is 12.9. The molecule has 1 aliphatic heterocycles. The lowest BCUT2D eigenvalue weighted by Gasteiger charge is -2.29. The molecule has 0 bridgehead atoms. The number of hydrogen-bond donors (Lipinski definition) is 2. The van der Waals surface area contributed by atoms with Crippen molar-refractivity contribution in [2.75, 3.05) is 11.1 Å². The van der Waals surface area contributed by atoms with Crippen LogP contribution in [-0.2, 0) is 0 Å². The van der Waals surface area contributed by atoms with Crippen molar-refractivity contribution in [2.24, 2.45) is 4.99 Å². The molecule has 0 spiro atoms. The first kappa shape index (κ1) is 14.4. The van der Waals surface area contributed by atoms with Gasteiger partial charge in [0, 0.05) is 11.8 Å². The van der Waals surface area contributed by atoms with Crippen LogP contribution in [-0.4, -0.2) is 11.9 Å². The molecule has 1 heterocycles. The van der Waals surface area contributed by atoms with E-state index in [1.54, 1.807) is 0 Å². The zero-order valence-corrected chi connectivity index (χ0v) is 12.9. The maximum atomic E-state index is 6.04. The van der Waals surface area contributed by atoms with Crippen molar-refractivity contribution in [3.8, 4) is 5.75 Å². The van der Waals surface area contributed by atoms with Crippen molar-refractivity contribution < 1.29 is 4.74 Å². The van der Waals surface area contributed by atoms with Crippen molar-refractivity contribution in [1.82, 2.24) is 0 Å². The third kappa shape index (κ3) is 2.91. The topological polar surface area (TPSA) is 59.6 Å². The summed E-state index contributed by atoms with van der Waals surface area (Å²) in [6.45, 7) is 4.18. The molecule has 4 nitrogen and oxygen atoms in total. The third-order valence-corrected chi connectivity index (χ3v) is 3.83. The van der Waals surface area contributed by atoms with Crippen LogP contribution < -0.4 is 15.8 Å². The van der Waals surface area contributed by atoms with Gasteiger partial charge in [-0.05, 0) is 31.0 Å². The number of nitrogen functional groups attached to an aromatic ring is 1. The number of nitrogens with zero attached hydrogens (tertiary/aromatic N) is 1. The second kappa shape index (κ2) is 6.10. The molecule has 1 aliphatic rings. The molecule has 4 heteroatoms. The summed E-state index contributed by atoms with van der Waals surface area (Å²) in [5.41, 5.74) is 8.63. The number of anilines is 2. The maximum Gasteiger partial charge on any atom is 0.155 e. The molecule has 3 rings (SSSR count). The van der Waals surface area contributed by atoms with Crippen LogP contribution in [0.4, 0.5) is 11.4 Å². The predicted octanol–water partition coefficient (Wildman–Crippen LogP) is 4.01. The summed E-state index contributed by atoms with van der Waals surface area (Å²) >= 11 is 0. The summed E-state index contributed by atoms with van der Waals surface area (Å²) in [6.07, 6.45) is 0.780. The summed E-state index contributed by atoms with van der Waals surface area (Å²) in [7, 11) is 0. The van der Waals surface area contributed by atoms with Crippen LogP contribution in [0.1, 0.15) is 31.9 Å². The zero-order chi connectivity index (χ0) is 15.5. The Morgan fingerprint density at radius 3 is 2.73 bits per heavy atom. The van der Waals surface area contributed by atoms with Crippen LogP contribution in [0, 0.1) is 0 Å². The Kier molecular flexibility index (Phi) is 4.00. The number of amidine groups is 1. The Labute approximate surface area is 131 Å². The number of nitrogens with two attached hydrogens (primary N) is 1. The van der Waals surface area contributed by atoms with Gasteiger partial charge < -0.3 is 15.8 Å². The Morgan fingerprint density at radius 2 is 2.00 bits per heavy atom. The van der Waals surface area contributed by atoms with E-state index in [1.807, 2.05) is 36.4 Å². The second-order valence-corrected chi connectivity index (χ2v) is 5.50. The number of hydrogen-bond acceptors (Lipinski definition) is 3. The highest BCUT2D eigenvalue weighted by molar-refractivity contribution is 6.02. The minimum atomic E-state index is -0.0690. The summed E-state index contributed by atoms with van der Waals surface area (Å²) in [4.78, 5) is 4.83. The lowest BCUT2D eigenvalue weighted by Crippen LogP contribution is -2.37. The number of aliphatic imine (C=N–C) groups is 1. The van der Waals surface area contributed by atoms with Gasteiger partial charge in [0.05, 0.1) is 11.7 Å². The number of benzene rings is 2. The standard InChI is InChI=1S/C18H21N3O/c1-3-16-18(20-12(2)13-7-5-4-6-8-13)21-15-10-9-14(19)11-17(15)22-16/h4-12,16H,3,19H2,1-2H3,(H,20,21). The van der Waals surface area contributed by atoms with Crippen LogP contribution >= 0.6 is 0 Å². The van der Waals surface area contributed by atoms with Crippen LogP contribution in [0.25, 0.3) is 0 Å². The van der Waals surface area contributed by atoms with Gasteiger partial charge in [0.15, 0.2) is 6.10 Å². The quantitative estimate of drug-likeness (QED) is 0.841. The van der Waals surface area contributed by atoms with Crippen LogP contribution in [0.5, 0.6) is 5.75 Å². The van der Waals surface area contributed by atoms with E-state index >= 15 is 0 Å². The molecule has 22 heavy (non-hydrogen) atoms. The predicted molar refractivity (Wildman–Crippen MR) is 91.5 cm³/mol. The van der Waals surface area contributed by atoms with Gasteiger partial charge in [-0.1, -0.05) is 37.3 Å². The average molecular weight is 295 g/mol. The van der Waals surface area contributed by atoms with Gasteiger partial charge in [-0.2, -0.15) is 0 Å². The van der Waals surface area contributed by atoms with E-state index in [4.69, 9.17) is 15.5 Å². The van der Waals surface area contributed by atoms with Gasteiger partial charge >= 0.3 is 0 Å². The highest BCUT2D eigenvalue weighted by atomic mass is 16.5. The molecule has 2 aromatic carbocycles. The average Bonchev–Trinajstić information content (AvgIpc) is 2.55. The smallest absolute Gasteiger partial charge is 0.155 e. The summed E-state index contributed by atoms with van der Waals surface area (Å²) in [5.74, 6) is 1.66. The SMILES string of the molecule is CCC1Oc2cc(N)ccc2NC1=NC(C)c1ccccc1. The molecule has 2 aromatic rings. The fourth-order valence-corrected chi connectivity index (χ4v) is 2.57. The van der Waals surface area contributed by atoms with E-state index in [0.29, 0.717) is 5.69 Å². The van der Waals surface area contributed by atoms with E-state index in [1.165, 1.54) is 5.56 Å². The van der Waals surface area contributed by atoms with Crippen molar-refractivity contribution in [3.63, 3.8) is 0 Å². The highest BCUT2D eigenvalue weighted by Crippen LogP contribution is 2.33. The molecule has 2 unspecified atom stereocenters. The molecule has 0 radical (unpaired) electrons. The first-order chi connectivity index (χ1) is 10.7. The molecule has 3 N–H and O–H groups in total. The van der Waals surface area contributed by atoms with E-state index in [-0.39, 0.29) is 12.1 Å². The normalized spacial score (nSPS) is 19.9. The van der Waals surface area contributed by atoms with Crippen molar-refractivity contribution in [2.45, 2.75) is 32.4 Å². The fourth-order valence-electron chi connectivity index (χ4n) is 2.57. The van der Waals surface area contributed by atoms with Gasteiger partial charge in [-0.15, -0.1) is 0 Å². The molecular weight excluding hydrogens is 274 g/mol. The van der Waals surface area contributed by atoms with Gasteiger partial charge in [-0.3, -0.25) is 4.99 Å². The number of fused-ring (bicyclic) bond motifs is 1. The van der Waals surface area contributed by atoms with E-state index in [0.717, 1.165) is 23.7 Å². The van der Waals surface area contributed by atoms with E-state index in [2.05, 4.69) is 31.3 Å². The van der Waals surface area contributed by atoms with Crippen LogP contribution in [0.3, 0.4) is 0 Å².